The molecule has 0 aliphatic carbocycles. The van der Waals surface area contributed by atoms with E-state index in [2.05, 4.69) is 5.32 Å². The Morgan fingerprint density at radius 2 is 1.51 bits per heavy atom. The molecule has 0 spiro atoms. The van der Waals surface area contributed by atoms with Crippen LogP contribution in [0.1, 0.15) is 50.8 Å². The van der Waals surface area contributed by atoms with E-state index in [1.165, 1.54) is 4.90 Å². The number of aryl methyl sites for hydroxylation is 2. The van der Waals surface area contributed by atoms with Gasteiger partial charge in [-0.3, -0.25) is 13.9 Å². The number of hydrogen-bond acceptors (Lipinski definition) is 4. The number of nitrogens with zero attached hydrogens (tertiary/aromatic N) is 2. The highest BCUT2D eigenvalue weighted by molar-refractivity contribution is 7.92. The van der Waals surface area contributed by atoms with Crippen LogP contribution in [0.3, 0.4) is 0 Å². The molecule has 3 rings (SSSR count). The van der Waals surface area contributed by atoms with Gasteiger partial charge in [0.2, 0.25) is 11.8 Å². The van der Waals surface area contributed by atoms with Crippen LogP contribution in [0.15, 0.2) is 83.8 Å². The van der Waals surface area contributed by atoms with Crippen LogP contribution in [0.4, 0.5) is 5.69 Å². The first-order valence-electron chi connectivity index (χ1n) is 13.1. The zero-order valence-electron chi connectivity index (χ0n) is 23.6. The van der Waals surface area contributed by atoms with Crippen LogP contribution < -0.4 is 9.62 Å². The zero-order chi connectivity index (χ0) is 28.8. The average Bonchev–Trinajstić information content (AvgIpc) is 2.86. The van der Waals surface area contributed by atoms with Crippen LogP contribution in [0.5, 0.6) is 0 Å². The van der Waals surface area contributed by atoms with Crippen molar-refractivity contribution in [3.8, 4) is 0 Å². The van der Waals surface area contributed by atoms with Crippen molar-refractivity contribution in [1.29, 1.82) is 0 Å². The van der Waals surface area contributed by atoms with Crippen LogP contribution in [0, 0.1) is 13.8 Å². The topological polar surface area (TPSA) is 86.8 Å². The molecule has 0 saturated carbocycles. The summed E-state index contributed by atoms with van der Waals surface area (Å²) in [5.74, 6) is -0.745. The van der Waals surface area contributed by atoms with Crippen LogP contribution in [-0.4, -0.2) is 43.3 Å². The number of carbonyl (C=O) groups excluding carboxylic acids is 2. The maximum Gasteiger partial charge on any atom is 0.264 e. The minimum atomic E-state index is -4.08. The van der Waals surface area contributed by atoms with Crippen molar-refractivity contribution in [3.63, 3.8) is 0 Å². The van der Waals surface area contributed by atoms with Crippen LogP contribution in [0.2, 0.25) is 0 Å². The average molecular weight is 550 g/mol. The predicted molar refractivity (Wildman–Crippen MR) is 156 cm³/mol. The van der Waals surface area contributed by atoms with Crippen molar-refractivity contribution >= 4 is 27.5 Å². The van der Waals surface area contributed by atoms with Gasteiger partial charge in [0.15, 0.2) is 0 Å². The Labute approximate surface area is 232 Å². The zero-order valence-corrected chi connectivity index (χ0v) is 24.5. The van der Waals surface area contributed by atoms with Crippen molar-refractivity contribution in [2.75, 3.05) is 10.8 Å². The molecule has 2 amide bonds. The van der Waals surface area contributed by atoms with Gasteiger partial charge >= 0.3 is 0 Å². The van der Waals surface area contributed by atoms with Gasteiger partial charge < -0.3 is 10.2 Å². The monoisotopic (exact) mass is 549 g/mol. The minimum Gasteiger partial charge on any atom is -0.350 e. The molecule has 0 aliphatic rings. The number of para-hydroxylation sites is 1. The summed E-state index contributed by atoms with van der Waals surface area (Å²) in [6.07, 6.45) is 0.371. The van der Waals surface area contributed by atoms with Crippen molar-refractivity contribution in [2.24, 2.45) is 0 Å². The fourth-order valence-corrected chi connectivity index (χ4v) is 5.75. The van der Waals surface area contributed by atoms with Crippen LogP contribution in [-0.2, 0) is 26.2 Å². The molecule has 0 aliphatic heterocycles. The Morgan fingerprint density at radius 1 is 0.872 bits per heavy atom. The SMILES string of the molecule is CCC(C(=O)NC(C)(C)C)N(Cc1cccc(C)c1)C(=O)CN(c1ccccc1)S(=O)(=O)c1ccc(C)cc1. The fraction of sp³-hybridized carbons (Fsp3) is 0.355. The highest BCUT2D eigenvalue weighted by atomic mass is 32.2. The molecule has 39 heavy (non-hydrogen) atoms. The summed E-state index contributed by atoms with van der Waals surface area (Å²) < 4.78 is 28.8. The normalized spacial score (nSPS) is 12.5. The second-order valence-electron chi connectivity index (χ2n) is 10.8. The highest BCUT2D eigenvalue weighted by Crippen LogP contribution is 2.25. The van der Waals surface area contributed by atoms with Crippen molar-refractivity contribution in [2.45, 2.75) is 71.0 Å². The van der Waals surface area contributed by atoms with E-state index in [9.17, 15) is 18.0 Å². The van der Waals surface area contributed by atoms with Gasteiger partial charge in [0.1, 0.15) is 12.6 Å². The van der Waals surface area contributed by atoms with E-state index < -0.39 is 34.1 Å². The lowest BCUT2D eigenvalue weighted by Gasteiger charge is -2.34. The van der Waals surface area contributed by atoms with Gasteiger partial charge in [0, 0.05) is 12.1 Å². The van der Waals surface area contributed by atoms with Gasteiger partial charge in [-0.15, -0.1) is 0 Å². The molecule has 0 aromatic heterocycles. The molecule has 0 fully saturated rings. The first kappa shape index (κ1) is 29.9. The van der Waals surface area contributed by atoms with Crippen molar-refractivity contribution in [3.05, 3.63) is 95.6 Å². The molecule has 1 N–H and O–H groups in total. The quantitative estimate of drug-likeness (QED) is 0.376. The first-order chi connectivity index (χ1) is 18.3. The van der Waals surface area contributed by atoms with Gasteiger partial charge in [0.05, 0.1) is 10.6 Å². The number of benzene rings is 3. The summed E-state index contributed by atoms with van der Waals surface area (Å²) in [6, 6.07) is 22.1. The van der Waals surface area contributed by atoms with Crippen LogP contribution >= 0.6 is 0 Å². The van der Waals surface area contributed by atoms with E-state index in [1.807, 2.05) is 65.8 Å². The number of rotatable bonds is 10. The van der Waals surface area contributed by atoms with Gasteiger partial charge in [-0.05, 0) is 70.9 Å². The second kappa shape index (κ2) is 12.5. The maximum atomic E-state index is 14.1. The maximum absolute atomic E-state index is 14.1. The lowest BCUT2D eigenvalue weighted by atomic mass is 10.0. The van der Waals surface area contributed by atoms with Crippen LogP contribution in [0.25, 0.3) is 0 Å². The second-order valence-corrected chi connectivity index (χ2v) is 12.7. The van der Waals surface area contributed by atoms with Gasteiger partial charge in [0.25, 0.3) is 10.0 Å². The molecule has 0 radical (unpaired) electrons. The predicted octanol–water partition coefficient (Wildman–Crippen LogP) is 5.22. The number of hydrogen-bond donors (Lipinski definition) is 1. The Kier molecular flexibility index (Phi) is 9.56. The summed E-state index contributed by atoms with van der Waals surface area (Å²) in [7, 11) is -4.08. The molecule has 8 heteroatoms. The van der Waals surface area contributed by atoms with E-state index in [0.29, 0.717) is 12.1 Å². The standard InChI is InChI=1S/C31H39N3O4S/c1-7-28(30(36)32-31(4,5)6)33(21-25-13-11-12-24(3)20-25)29(35)22-34(26-14-9-8-10-15-26)39(37,38)27-18-16-23(2)17-19-27/h8-20,28H,7,21-22H2,1-6H3,(H,32,36). The molecule has 3 aromatic rings. The smallest absolute Gasteiger partial charge is 0.264 e. The third kappa shape index (κ3) is 7.93. The highest BCUT2D eigenvalue weighted by Gasteiger charge is 2.34. The lowest BCUT2D eigenvalue weighted by molar-refractivity contribution is -0.141. The molecule has 1 atom stereocenters. The summed E-state index contributed by atoms with van der Waals surface area (Å²) in [6.45, 7) is 11.1. The third-order valence-corrected chi connectivity index (χ3v) is 8.04. The Bertz CT molecular complexity index is 1380. The number of anilines is 1. The molecule has 0 saturated heterocycles. The summed E-state index contributed by atoms with van der Waals surface area (Å²) in [4.78, 5) is 29.0. The minimum absolute atomic E-state index is 0.0903. The van der Waals surface area contributed by atoms with Gasteiger partial charge in [-0.2, -0.15) is 0 Å². The molecule has 208 valence electrons. The lowest BCUT2D eigenvalue weighted by Crippen LogP contribution is -2.55. The molecule has 0 bridgehead atoms. The molecule has 3 aromatic carbocycles. The summed E-state index contributed by atoms with van der Waals surface area (Å²) >= 11 is 0. The first-order valence-corrected chi connectivity index (χ1v) is 14.6. The molecular weight excluding hydrogens is 510 g/mol. The van der Waals surface area contributed by atoms with Crippen molar-refractivity contribution in [1.82, 2.24) is 10.2 Å². The Balaban J connectivity index is 2.05. The number of carbonyl (C=O) groups is 2. The largest absolute Gasteiger partial charge is 0.350 e. The summed E-state index contributed by atoms with van der Waals surface area (Å²) in [5.41, 5.74) is 2.69. The molecule has 1 unspecified atom stereocenters. The van der Waals surface area contributed by atoms with E-state index in [1.54, 1.807) is 54.6 Å². The van der Waals surface area contributed by atoms with E-state index in [-0.39, 0.29) is 17.3 Å². The van der Waals surface area contributed by atoms with Crippen molar-refractivity contribution < 1.29 is 18.0 Å². The van der Waals surface area contributed by atoms with E-state index in [0.717, 1.165) is 21.0 Å². The number of amides is 2. The fourth-order valence-electron chi connectivity index (χ4n) is 4.34. The van der Waals surface area contributed by atoms with Gasteiger partial charge in [-0.25, -0.2) is 8.42 Å². The Morgan fingerprint density at radius 3 is 2.08 bits per heavy atom. The Hall–Kier alpha value is -3.65. The molecule has 7 nitrogen and oxygen atoms in total. The number of nitrogens with one attached hydrogen (secondary N) is 1. The van der Waals surface area contributed by atoms with E-state index in [4.69, 9.17) is 0 Å². The van der Waals surface area contributed by atoms with Gasteiger partial charge in [-0.1, -0.05) is 72.6 Å². The molecule has 0 heterocycles. The molecular formula is C31H39N3O4S. The number of sulfonamides is 1. The third-order valence-electron chi connectivity index (χ3n) is 6.25. The van der Waals surface area contributed by atoms with E-state index >= 15 is 0 Å². The summed E-state index contributed by atoms with van der Waals surface area (Å²) in [5, 5.41) is 2.98.